The number of nitrogens with one attached hydrogen (secondary N) is 2. The van der Waals surface area contributed by atoms with E-state index in [1.54, 1.807) is 11.3 Å². The third-order valence-electron chi connectivity index (χ3n) is 2.37. The molecule has 0 aliphatic carbocycles. The van der Waals surface area contributed by atoms with Gasteiger partial charge in [-0.05, 0) is 13.5 Å². The second kappa shape index (κ2) is 10.4. The van der Waals surface area contributed by atoms with E-state index in [-0.39, 0.29) is 36.8 Å². The Balaban J connectivity index is 0. The summed E-state index contributed by atoms with van der Waals surface area (Å²) in [5.74, 6) is 0.292. The molecule has 0 aliphatic heterocycles. The molecule has 0 unspecified atom stereocenters. The van der Waals surface area contributed by atoms with Crippen molar-refractivity contribution in [3.63, 3.8) is 0 Å². The molecule has 112 valence electrons. The lowest BCUT2D eigenvalue weighted by molar-refractivity contribution is 0.0946. The molecule has 0 radical (unpaired) electrons. The molecule has 0 fully saturated rings. The van der Waals surface area contributed by atoms with Crippen molar-refractivity contribution >= 4 is 42.1 Å². The highest BCUT2D eigenvalue weighted by molar-refractivity contribution is 7.09. The van der Waals surface area contributed by atoms with Gasteiger partial charge in [0.1, 0.15) is 5.69 Å². The normalized spacial score (nSPS) is 11.4. The molecule has 7 heteroatoms. The fraction of sp³-hybridized carbons (Fsp3) is 0.667. The summed E-state index contributed by atoms with van der Waals surface area (Å²) in [7, 11) is 0. The third kappa shape index (κ3) is 7.11. The van der Waals surface area contributed by atoms with Crippen LogP contribution in [0, 0.1) is 0 Å². The maximum Gasteiger partial charge on any atom is 0.270 e. The van der Waals surface area contributed by atoms with Gasteiger partial charge in [0.25, 0.3) is 5.91 Å². The summed E-state index contributed by atoms with van der Waals surface area (Å²) in [5, 5.41) is 8.95. The van der Waals surface area contributed by atoms with Crippen LogP contribution in [0.15, 0.2) is 5.38 Å². The predicted molar refractivity (Wildman–Crippen MR) is 86.2 cm³/mol. The molecule has 4 nitrogen and oxygen atoms in total. The van der Waals surface area contributed by atoms with Crippen molar-refractivity contribution in [2.24, 2.45) is 0 Å². The number of hydrogen-bond donors (Lipinski definition) is 2. The highest BCUT2D eigenvalue weighted by Crippen LogP contribution is 2.18. The molecule has 0 saturated carbocycles. The maximum atomic E-state index is 11.8. The molecular weight excluding hydrogens is 305 g/mol. The van der Waals surface area contributed by atoms with Crippen molar-refractivity contribution in [2.45, 2.75) is 39.7 Å². The standard InChI is InChI=1S/C12H21N3OS.2ClH/c1-5-13-9(4)6-14-11(16)10-7-17-12(15-10)8(2)3;;/h7-9,13H,5-6H2,1-4H3,(H,14,16);2*1H/t9-;;/m1../s1. The highest BCUT2D eigenvalue weighted by Gasteiger charge is 2.12. The zero-order valence-corrected chi connectivity index (χ0v) is 14.2. The van der Waals surface area contributed by atoms with Gasteiger partial charge in [-0.3, -0.25) is 4.79 Å². The summed E-state index contributed by atoms with van der Waals surface area (Å²) in [6.07, 6.45) is 0. The number of amides is 1. The van der Waals surface area contributed by atoms with Gasteiger partial charge in [0.2, 0.25) is 0 Å². The van der Waals surface area contributed by atoms with Crippen LogP contribution in [0.3, 0.4) is 0 Å². The summed E-state index contributed by atoms with van der Waals surface area (Å²) in [6.45, 7) is 9.78. The number of aromatic nitrogens is 1. The largest absolute Gasteiger partial charge is 0.349 e. The SMILES string of the molecule is CCN[C@H](C)CNC(=O)c1csc(C(C)C)n1.Cl.Cl. The van der Waals surface area contributed by atoms with Crippen LogP contribution in [0.25, 0.3) is 0 Å². The molecule has 0 spiro atoms. The first-order valence-corrected chi connectivity index (χ1v) is 6.89. The van der Waals surface area contributed by atoms with Crippen molar-refractivity contribution < 1.29 is 4.79 Å². The Kier molecular flexibility index (Phi) is 11.5. The molecule has 19 heavy (non-hydrogen) atoms. The van der Waals surface area contributed by atoms with E-state index in [2.05, 4.69) is 29.5 Å². The lowest BCUT2D eigenvalue weighted by Gasteiger charge is -2.12. The molecule has 2 N–H and O–H groups in total. The Bertz CT molecular complexity index is 372. The fourth-order valence-corrected chi connectivity index (χ4v) is 2.23. The van der Waals surface area contributed by atoms with E-state index >= 15 is 0 Å². The lowest BCUT2D eigenvalue weighted by atomic mass is 10.2. The second-order valence-corrected chi connectivity index (χ2v) is 5.28. The number of carbonyl (C=O) groups excluding carboxylic acids is 1. The first kappa shape index (κ1) is 20.9. The van der Waals surface area contributed by atoms with E-state index in [9.17, 15) is 4.79 Å². The van der Waals surface area contributed by atoms with E-state index < -0.39 is 0 Å². The molecule has 1 aromatic rings. The first-order valence-electron chi connectivity index (χ1n) is 6.01. The Morgan fingerprint density at radius 3 is 2.47 bits per heavy atom. The molecule has 1 rings (SSSR count). The van der Waals surface area contributed by atoms with E-state index in [1.165, 1.54) is 0 Å². The van der Waals surface area contributed by atoms with Crippen LogP contribution in [-0.4, -0.2) is 30.0 Å². The molecule has 0 saturated heterocycles. The number of likely N-dealkylation sites (N-methyl/N-ethyl adjacent to an activating group) is 1. The first-order chi connectivity index (χ1) is 8.04. The molecule has 1 aromatic heterocycles. The minimum atomic E-state index is -0.0853. The molecule has 0 aromatic carbocycles. The number of thiazole rings is 1. The Morgan fingerprint density at radius 1 is 1.37 bits per heavy atom. The van der Waals surface area contributed by atoms with E-state index in [0.717, 1.165) is 11.6 Å². The quantitative estimate of drug-likeness (QED) is 0.844. The topological polar surface area (TPSA) is 54.0 Å². The zero-order valence-electron chi connectivity index (χ0n) is 11.7. The Morgan fingerprint density at radius 2 is 2.00 bits per heavy atom. The van der Waals surface area contributed by atoms with Crippen molar-refractivity contribution in [1.29, 1.82) is 0 Å². The van der Waals surface area contributed by atoms with Crippen LogP contribution in [0.4, 0.5) is 0 Å². The van der Waals surface area contributed by atoms with Crippen LogP contribution in [0.5, 0.6) is 0 Å². The Labute approximate surface area is 131 Å². The summed E-state index contributed by atoms with van der Waals surface area (Å²) in [5.41, 5.74) is 0.530. The molecular formula is C12H23Cl2N3OS. The molecule has 1 heterocycles. The average Bonchev–Trinajstić information content (AvgIpc) is 2.75. The van der Waals surface area contributed by atoms with Gasteiger partial charge in [-0.15, -0.1) is 36.2 Å². The van der Waals surface area contributed by atoms with Crippen LogP contribution >= 0.6 is 36.2 Å². The second-order valence-electron chi connectivity index (χ2n) is 4.39. The summed E-state index contributed by atoms with van der Waals surface area (Å²) in [6, 6.07) is 0.284. The molecule has 0 bridgehead atoms. The summed E-state index contributed by atoms with van der Waals surface area (Å²) < 4.78 is 0. The summed E-state index contributed by atoms with van der Waals surface area (Å²) >= 11 is 1.54. The smallest absolute Gasteiger partial charge is 0.270 e. The predicted octanol–water partition coefficient (Wildman–Crippen LogP) is 2.84. The van der Waals surface area contributed by atoms with E-state index in [4.69, 9.17) is 0 Å². The van der Waals surface area contributed by atoms with E-state index in [0.29, 0.717) is 18.2 Å². The van der Waals surface area contributed by atoms with E-state index in [1.807, 2.05) is 19.2 Å². The number of rotatable bonds is 6. The molecule has 1 amide bonds. The minimum Gasteiger partial charge on any atom is -0.349 e. The van der Waals surface area contributed by atoms with Gasteiger partial charge in [0.15, 0.2) is 0 Å². The van der Waals surface area contributed by atoms with Gasteiger partial charge < -0.3 is 10.6 Å². The van der Waals surface area contributed by atoms with Crippen LogP contribution in [0.2, 0.25) is 0 Å². The van der Waals surface area contributed by atoms with Gasteiger partial charge in [-0.2, -0.15) is 0 Å². The zero-order chi connectivity index (χ0) is 12.8. The number of hydrogen-bond acceptors (Lipinski definition) is 4. The van der Waals surface area contributed by atoms with Gasteiger partial charge in [0.05, 0.1) is 5.01 Å². The number of halogens is 2. The monoisotopic (exact) mass is 327 g/mol. The van der Waals surface area contributed by atoms with Gasteiger partial charge in [-0.1, -0.05) is 20.8 Å². The van der Waals surface area contributed by atoms with Crippen LogP contribution in [-0.2, 0) is 0 Å². The van der Waals surface area contributed by atoms with Crippen LogP contribution in [0.1, 0.15) is 49.1 Å². The van der Waals surface area contributed by atoms with Gasteiger partial charge in [-0.25, -0.2) is 4.98 Å². The highest BCUT2D eigenvalue weighted by atomic mass is 35.5. The van der Waals surface area contributed by atoms with Crippen molar-refractivity contribution in [3.05, 3.63) is 16.1 Å². The van der Waals surface area contributed by atoms with Gasteiger partial charge >= 0.3 is 0 Å². The van der Waals surface area contributed by atoms with Crippen molar-refractivity contribution in [1.82, 2.24) is 15.6 Å². The Hall–Kier alpha value is -0.360. The van der Waals surface area contributed by atoms with Crippen molar-refractivity contribution in [2.75, 3.05) is 13.1 Å². The van der Waals surface area contributed by atoms with Crippen LogP contribution < -0.4 is 10.6 Å². The number of nitrogens with zero attached hydrogens (tertiary/aromatic N) is 1. The average molecular weight is 328 g/mol. The minimum absolute atomic E-state index is 0. The maximum absolute atomic E-state index is 11.8. The lowest BCUT2D eigenvalue weighted by Crippen LogP contribution is -2.38. The third-order valence-corrected chi connectivity index (χ3v) is 3.52. The van der Waals surface area contributed by atoms with Gasteiger partial charge in [0, 0.05) is 23.9 Å². The molecule has 0 aliphatic rings. The number of carbonyl (C=O) groups is 1. The summed E-state index contributed by atoms with van der Waals surface area (Å²) in [4.78, 5) is 16.1. The fourth-order valence-electron chi connectivity index (χ4n) is 1.41. The molecule has 1 atom stereocenters. The van der Waals surface area contributed by atoms with Crippen molar-refractivity contribution in [3.8, 4) is 0 Å².